The third kappa shape index (κ3) is 2.64. The maximum absolute atomic E-state index is 12.5. The zero-order valence-electron chi connectivity index (χ0n) is 11.5. The van der Waals surface area contributed by atoms with E-state index in [9.17, 15) is 14.4 Å². The molecule has 0 saturated carbocycles. The van der Waals surface area contributed by atoms with Gasteiger partial charge in [-0.3, -0.25) is 14.9 Å². The fourth-order valence-corrected chi connectivity index (χ4v) is 3.36. The molecule has 2 saturated heterocycles. The van der Waals surface area contributed by atoms with Gasteiger partial charge in [0.1, 0.15) is 5.54 Å². The molecule has 2 aliphatic heterocycles. The molecule has 116 valence electrons. The molecule has 0 aliphatic carbocycles. The first-order valence-electron chi connectivity index (χ1n) is 6.79. The number of nitrogens with zero attached hydrogens (tertiary/aromatic N) is 1. The Balaban J connectivity index is 1.72. The summed E-state index contributed by atoms with van der Waals surface area (Å²) in [6, 6.07) is 4.20. The summed E-state index contributed by atoms with van der Waals surface area (Å²) < 4.78 is 0. The minimum atomic E-state index is -0.889. The zero-order chi connectivity index (χ0) is 15.9. The Morgan fingerprint density at radius 3 is 2.18 bits per heavy atom. The molecule has 1 aromatic rings. The fraction of sp³-hybridized carbons (Fsp3) is 0.357. The molecule has 2 heterocycles. The number of rotatable bonds is 1. The van der Waals surface area contributed by atoms with E-state index >= 15 is 0 Å². The van der Waals surface area contributed by atoms with E-state index in [4.69, 9.17) is 23.2 Å². The second kappa shape index (κ2) is 5.44. The van der Waals surface area contributed by atoms with Gasteiger partial charge in [0, 0.05) is 28.7 Å². The van der Waals surface area contributed by atoms with Crippen molar-refractivity contribution in [2.75, 3.05) is 13.1 Å². The Morgan fingerprint density at radius 2 is 1.68 bits per heavy atom. The quantitative estimate of drug-likeness (QED) is 0.764. The average molecular weight is 342 g/mol. The number of piperidine rings is 1. The number of nitrogens with one attached hydrogen (secondary N) is 2. The molecule has 1 aromatic carbocycles. The maximum atomic E-state index is 12.5. The average Bonchev–Trinajstić information content (AvgIpc) is 2.72. The van der Waals surface area contributed by atoms with Crippen LogP contribution in [0.15, 0.2) is 18.2 Å². The van der Waals surface area contributed by atoms with E-state index in [1.54, 1.807) is 23.1 Å². The largest absolute Gasteiger partial charge is 0.338 e. The number of benzene rings is 1. The number of carbonyl (C=O) groups excluding carboxylic acids is 3. The van der Waals surface area contributed by atoms with E-state index in [0.29, 0.717) is 41.5 Å². The molecule has 2 N–H and O–H groups in total. The minimum Gasteiger partial charge on any atom is -0.338 e. The molecular formula is C14H13Cl2N3O3. The maximum Gasteiger partial charge on any atom is 0.322 e. The normalized spacial score (nSPS) is 20.0. The third-order valence-electron chi connectivity index (χ3n) is 4.03. The minimum absolute atomic E-state index is 0.191. The van der Waals surface area contributed by atoms with Crippen LogP contribution in [0.5, 0.6) is 0 Å². The van der Waals surface area contributed by atoms with Gasteiger partial charge in [0.2, 0.25) is 0 Å². The SMILES string of the molecule is O=C1NC(=O)C2(CCN(C(=O)c3cc(Cl)cc(Cl)c3)CC2)N1. The Labute approximate surface area is 136 Å². The lowest BCUT2D eigenvalue weighted by atomic mass is 9.87. The van der Waals surface area contributed by atoms with E-state index in [0.717, 1.165) is 0 Å². The number of imide groups is 1. The first-order chi connectivity index (χ1) is 10.4. The van der Waals surface area contributed by atoms with Gasteiger partial charge >= 0.3 is 6.03 Å². The Hall–Kier alpha value is -1.79. The van der Waals surface area contributed by atoms with Crippen molar-refractivity contribution in [3.8, 4) is 0 Å². The summed E-state index contributed by atoms with van der Waals surface area (Å²) in [6.07, 6.45) is 0.759. The van der Waals surface area contributed by atoms with Crippen LogP contribution in [0.3, 0.4) is 0 Å². The van der Waals surface area contributed by atoms with E-state index in [1.807, 2.05) is 0 Å². The van der Waals surface area contributed by atoms with Gasteiger partial charge < -0.3 is 10.2 Å². The summed E-state index contributed by atoms with van der Waals surface area (Å²) in [4.78, 5) is 37.3. The lowest BCUT2D eigenvalue weighted by Crippen LogP contribution is -2.55. The fourth-order valence-electron chi connectivity index (χ4n) is 2.83. The van der Waals surface area contributed by atoms with Crippen LogP contribution in [-0.4, -0.2) is 41.4 Å². The molecule has 6 nitrogen and oxygen atoms in total. The van der Waals surface area contributed by atoms with Gasteiger partial charge in [0.15, 0.2) is 0 Å². The monoisotopic (exact) mass is 341 g/mol. The highest BCUT2D eigenvalue weighted by atomic mass is 35.5. The van der Waals surface area contributed by atoms with Gasteiger partial charge in [0.25, 0.3) is 11.8 Å². The van der Waals surface area contributed by atoms with Crippen LogP contribution in [0, 0.1) is 0 Å². The van der Waals surface area contributed by atoms with Gasteiger partial charge in [-0.2, -0.15) is 0 Å². The second-order valence-electron chi connectivity index (χ2n) is 5.44. The van der Waals surface area contributed by atoms with Crippen LogP contribution in [0.2, 0.25) is 10.0 Å². The van der Waals surface area contributed by atoms with Crippen LogP contribution >= 0.6 is 23.2 Å². The lowest BCUT2D eigenvalue weighted by Gasteiger charge is -2.37. The Bertz CT molecular complexity index is 649. The number of urea groups is 1. The van der Waals surface area contributed by atoms with Crippen LogP contribution in [0.25, 0.3) is 0 Å². The van der Waals surface area contributed by atoms with Crippen molar-refractivity contribution in [3.63, 3.8) is 0 Å². The molecule has 2 fully saturated rings. The molecule has 4 amide bonds. The van der Waals surface area contributed by atoms with Gasteiger partial charge in [-0.05, 0) is 31.0 Å². The molecule has 22 heavy (non-hydrogen) atoms. The van der Waals surface area contributed by atoms with Gasteiger partial charge in [0.05, 0.1) is 0 Å². The predicted molar refractivity (Wildman–Crippen MR) is 81.0 cm³/mol. The molecule has 0 atom stereocenters. The molecule has 0 aromatic heterocycles. The van der Waals surface area contributed by atoms with Gasteiger partial charge in [-0.15, -0.1) is 0 Å². The smallest absolute Gasteiger partial charge is 0.322 e. The Kier molecular flexibility index (Phi) is 3.74. The predicted octanol–water partition coefficient (Wildman–Crippen LogP) is 1.81. The molecule has 2 aliphatic rings. The van der Waals surface area contributed by atoms with Crippen molar-refractivity contribution >= 4 is 41.0 Å². The van der Waals surface area contributed by atoms with Gasteiger partial charge in [-0.25, -0.2) is 4.79 Å². The first-order valence-corrected chi connectivity index (χ1v) is 7.54. The van der Waals surface area contributed by atoms with E-state index in [1.165, 1.54) is 0 Å². The van der Waals surface area contributed by atoms with Crippen molar-refractivity contribution in [2.45, 2.75) is 18.4 Å². The number of carbonyl (C=O) groups is 3. The summed E-state index contributed by atoms with van der Waals surface area (Å²) >= 11 is 11.8. The molecule has 0 bridgehead atoms. The number of likely N-dealkylation sites (tertiary alicyclic amines) is 1. The standard InChI is InChI=1S/C14H13Cl2N3O3/c15-9-5-8(6-10(16)7-9)11(20)19-3-1-14(2-4-19)12(21)17-13(22)18-14/h5-7H,1-4H2,(H2,17,18,21,22). The summed E-state index contributed by atoms with van der Waals surface area (Å²) in [5, 5.41) is 5.69. The first kappa shape index (κ1) is 15.1. The second-order valence-corrected chi connectivity index (χ2v) is 6.31. The zero-order valence-corrected chi connectivity index (χ0v) is 13.0. The molecule has 0 radical (unpaired) electrons. The number of hydrogen-bond acceptors (Lipinski definition) is 3. The van der Waals surface area contributed by atoms with Crippen molar-refractivity contribution in [3.05, 3.63) is 33.8 Å². The summed E-state index contributed by atoms with van der Waals surface area (Å²) in [6.45, 7) is 0.743. The lowest BCUT2D eigenvalue weighted by molar-refractivity contribution is -0.125. The summed E-state index contributed by atoms with van der Waals surface area (Å²) in [7, 11) is 0. The number of halogens is 2. The molecule has 3 rings (SSSR count). The Morgan fingerprint density at radius 1 is 1.09 bits per heavy atom. The number of amides is 4. The highest BCUT2D eigenvalue weighted by molar-refractivity contribution is 6.35. The molecule has 0 unspecified atom stereocenters. The molecular weight excluding hydrogens is 329 g/mol. The van der Waals surface area contributed by atoms with Gasteiger partial charge in [-0.1, -0.05) is 23.2 Å². The highest BCUT2D eigenvalue weighted by Gasteiger charge is 2.48. The number of hydrogen-bond donors (Lipinski definition) is 2. The van der Waals surface area contributed by atoms with Crippen LogP contribution in [0.4, 0.5) is 4.79 Å². The summed E-state index contributed by atoms with van der Waals surface area (Å²) in [5.74, 6) is -0.514. The highest BCUT2D eigenvalue weighted by Crippen LogP contribution is 2.27. The van der Waals surface area contributed by atoms with E-state index < -0.39 is 11.6 Å². The van der Waals surface area contributed by atoms with Crippen molar-refractivity contribution in [2.24, 2.45) is 0 Å². The van der Waals surface area contributed by atoms with Crippen molar-refractivity contribution in [1.82, 2.24) is 15.5 Å². The van der Waals surface area contributed by atoms with Crippen LogP contribution in [-0.2, 0) is 4.79 Å². The topological polar surface area (TPSA) is 78.5 Å². The van der Waals surface area contributed by atoms with Crippen molar-refractivity contribution < 1.29 is 14.4 Å². The van der Waals surface area contributed by atoms with E-state index in [-0.39, 0.29) is 11.8 Å². The third-order valence-corrected chi connectivity index (χ3v) is 4.46. The molecule has 1 spiro atoms. The van der Waals surface area contributed by atoms with E-state index in [2.05, 4.69) is 10.6 Å². The van der Waals surface area contributed by atoms with Crippen LogP contribution in [0.1, 0.15) is 23.2 Å². The summed E-state index contributed by atoms with van der Waals surface area (Å²) in [5.41, 5.74) is -0.479. The van der Waals surface area contributed by atoms with Crippen LogP contribution < -0.4 is 10.6 Å². The van der Waals surface area contributed by atoms with Crippen molar-refractivity contribution in [1.29, 1.82) is 0 Å². The molecule has 8 heteroatoms.